The Morgan fingerprint density at radius 2 is 1.68 bits per heavy atom. The highest BCUT2D eigenvalue weighted by molar-refractivity contribution is 7.93. The minimum Gasteiger partial charge on any atom is -0.497 e. The summed E-state index contributed by atoms with van der Waals surface area (Å²) in [6.07, 6.45) is 1.12. The van der Waals surface area contributed by atoms with Crippen molar-refractivity contribution in [3.8, 4) is 16.9 Å². The molecule has 3 N–H and O–H groups in total. The number of benzene rings is 2. The topological polar surface area (TPSA) is 130 Å². The van der Waals surface area contributed by atoms with Crippen LogP contribution in [0.25, 0.3) is 11.1 Å². The predicted molar refractivity (Wildman–Crippen MR) is 125 cm³/mol. The largest absolute Gasteiger partial charge is 0.497 e. The SMILES string of the molecule is CNCc1cc(-c2ccccc2F)c(S(=O)(=O)c2cccc(OC)c2)s1.O=C(O)/C=C/C(=O)O. The molecule has 180 valence electrons. The van der Waals surface area contributed by atoms with Gasteiger partial charge < -0.3 is 20.3 Å². The van der Waals surface area contributed by atoms with Crippen molar-refractivity contribution in [2.75, 3.05) is 14.2 Å². The van der Waals surface area contributed by atoms with Gasteiger partial charge in [0.25, 0.3) is 0 Å². The van der Waals surface area contributed by atoms with E-state index in [1.807, 2.05) is 0 Å². The van der Waals surface area contributed by atoms with Gasteiger partial charge in [0.1, 0.15) is 15.8 Å². The summed E-state index contributed by atoms with van der Waals surface area (Å²) in [4.78, 5) is 20.0. The van der Waals surface area contributed by atoms with E-state index in [1.165, 1.54) is 25.3 Å². The minimum atomic E-state index is -3.82. The van der Waals surface area contributed by atoms with Crippen LogP contribution in [0.5, 0.6) is 5.75 Å². The number of hydrogen-bond acceptors (Lipinski definition) is 7. The van der Waals surface area contributed by atoms with E-state index in [2.05, 4.69) is 5.32 Å². The number of hydrogen-bond donors (Lipinski definition) is 3. The number of rotatable bonds is 8. The summed E-state index contributed by atoms with van der Waals surface area (Å²) in [6, 6.07) is 14.2. The second-order valence-corrected chi connectivity index (χ2v) is 9.90. The highest BCUT2D eigenvalue weighted by Gasteiger charge is 2.27. The molecule has 0 saturated heterocycles. The quantitative estimate of drug-likeness (QED) is 0.392. The summed E-state index contributed by atoms with van der Waals surface area (Å²) in [6.45, 7) is 0.500. The van der Waals surface area contributed by atoms with Gasteiger partial charge in [-0.25, -0.2) is 22.4 Å². The van der Waals surface area contributed by atoms with E-state index in [1.54, 1.807) is 43.4 Å². The zero-order valence-corrected chi connectivity index (χ0v) is 19.8. The van der Waals surface area contributed by atoms with Gasteiger partial charge in [0.15, 0.2) is 0 Å². The fraction of sp³-hybridized carbons (Fsp3) is 0.130. The number of thiophene rings is 1. The van der Waals surface area contributed by atoms with Gasteiger partial charge in [0, 0.05) is 34.7 Å². The zero-order valence-electron chi connectivity index (χ0n) is 18.2. The van der Waals surface area contributed by atoms with Crippen LogP contribution in [-0.4, -0.2) is 44.7 Å². The maximum atomic E-state index is 14.3. The van der Waals surface area contributed by atoms with Crippen molar-refractivity contribution in [3.05, 3.63) is 77.4 Å². The average Bonchev–Trinajstić information content (AvgIpc) is 3.23. The van der Waals surface area contributed by atoms with Gasteiger partial charge in [0.05, 0.1) is 12.0 Å². The van der Waals surface area contributed by atoms with Crippen LogP contribution in [0.15, 0.2) is 75.9 Å². The van der Waals surface area contributed by atoms with Gasteiger partial charge in [-0.05, 0) is 37.4 Å². The third-order valence-corrected chi connectivity index (χ3v) is 7.65. The standard InChI is InChI=1S/C19H18FNO3S2.C4H4O4/c1-21-12-14-11-17(16-8-3-4-9-18(16)20)19(25-14)26(22,23)15-7-5-6-13(10-15)24-2;5-3(6)1-2-4(7)8/h3-11,21H,12H2,1-2H3;1-2H,(H,5,6)(H,7,8)/b;2-1+. The summed E-state index contributed by atoms with van der Waals surface area (Å²) < 4.78 is 46.1. The van der Waals surface area contributed by atoms with Crippen molar-refractivity contribution < 1.29 is 37.3 Å². The monoisotopic (exact) mass is 507 g/mol. The summed E-state index contributed by atoms with van der Waals surface area (Å²) in [5.41, 5.74) is 0.647. The molecular formula is C23H22FNO7S2. The summed E-state index contributed by atoms with van der Waals surface area (Å²) >= 11 is 1.14. The molecule has 0 fully saturated rings. The van der Waals surface area contributed by atoms with Crippen molar-refractivity contribution >= 4 is 33.1 Å². The normalized spacial score (nSPS) is 11.0. The number of aliphatic carboxylic acids is 2. The molecule has 0 atom stereocenters. The number of carboxylic acids is 2. The summed E-state index contributed by atoms with van der Waals surface area (Å²) in [5.74, 6) is -2.52. The highest BCUT2D eigenvalue weighted by atomic mass is 32.2. The Balaban J connectivity index is 0.000000440. The van der Waals surface area contributed by atoms with Crippen LogP contribution in [0.4, 0.5) is 4.39 Å². The summed E-state index contributed by atoms with van der Waals surface area (Å²) in [5, 5.41) is 18.6. The number of halogens is 1. The molecule has 34 heavy (non-hydrogen) atoms. The molecule has 3 rings (SSSR count). The van der Waals surface area contributed by atoms with Crippen LogP contribution in [0.3, 0.4) is 0 Å². The molecule has 0 bridgehead atoms. The van der Waals surface area contributed by atoms with E-state index in [9.17, 15) is 22.4 Å². The number of ether oxygens (including phenoxy) is 1. The fourth-order valence-electron chi connectivity index (χ4n) is 2.77. The molecule has 11 heteroatoms. The lowest BCUT2D eigenvalue weighted by Gasteiger charge is -2.08. The summed E-state index contributed by atoms with van der Waals surface area (Å²) in [7, 11) is -0.565. The van der Waals surface area contributed by atoms with Crippen molar-refractivity contribution in [2.24, 2.45) is 0 Å². The molecule has 0 unspecified atom stereocenters. The number of sulfone groups is 1. The Bertz CT molecular complexity index is 1280. The van der Waals surface area contributed by atoms with Gasteiger partial charge in [-0.15, -0.1) is 11.3 Å². The van der Waals surface area contributed by atoms with Gasteiger partial charge in [-0.3, -0.25) is 0 Å². The van der Waals surface area contributed by atoms with E-state index in [-0.39, 0.29) is 14.7 Å². The van der Waals surface area contributed by atoms with E-state index < -0.39 is 27.6 Å². The van der Waals surface area contributed by atoms with E-state index >= 15 is 0 Å². The molecule has 1 heterocycles. The molecule has 0 aliphatic carbocycles. The first kappa shape index (κ1) is 26.7. The second-order valence-electron chi connectivity index (χ2n) is 6.62. The fourth-order valence-corrected chi connectivity index (χ4v) is 5.93. The molecule has 2 aromatic carbocycles. The lowest BCUT2D eigenvalue weighted by Crippen LogP contribution is -2.03. The highest BCUT2D eigenvalue weighted by Crippen LogP contribution is 2.39. The first-order chi connectivity index (χ1) is 16.1. The van der Waals surface area contributed by atoms with Gasteiger partial charge in [-0.2, -0.15) is 0 Å². The van der Waals surface area contributed by atoms with Crippen LogP contribution in [0.1, 0.15) is 4.88 Å². The van der Waals surface area contributed by atoms with Crippen molar-refractivity contribution in [3.63, 3.8) is 0 Å². The Kier molecular flexibility index (Phi) is 9.48. The Morgan fingerprint density at radius 1 is 1.03 bits per heavy atom. The minimum absolute atomic E-state index is 0.118. The van der Waals surface area contributed by atoms with Crippen LogP contribution in [0.2, 0.25) is 0 Å². The third kappa shape index (κ3) is 6.98. The van der Waals surface area contributed by atoms with Crippen LogP contribution >= 0.6 is 11.3 Å². The van der Waals surface area contributed by atoms with Crippen LogP contribution in [0, 0.1) is 5.82 Å². The maximum Gasteiger partial charge on any atom is 0.328 e. The van der Waals surface area contributed by atoms with Gasteiger partial charge >= 0.3 is 11.9 Å². The number of nitrogens with one attached hydrogen (secondary N) is 1. The van der Waals surface area contributed by atoms with E-state index in [4.69, 9.17) is 14.9 Å². The van der Waals surface area contributed by atoms with Crippen molar-refractivity contribution in [1.82, 2.24) is 5.32 Å². The third-order valence-electron chi connectivity index (χ3n) is 4.23. The van der Waals surface area contributed by atoms with Crippen LogP contribution in [-0.2, 0) is 26.0 Å². The molecule has 0 amide bonds. The Hall–Kier alpha value is -3.54. The van der Waals surface area contributed by atoms with Crippen LogP contribution < -0.4 is 10.1 Å². The van der Waals surface area contributed by atoms with Gasteiger partial charge in [0.2, 0.25) is 9.84 Å². The number of carbonyl (C=O) groups is 2. The first-order valence-corrected chi connectivity index (χ1v) is 12.0. The van der Waals surface area contributed by atoms with E-state index in [0.717, 1.165) is 16.2 Å². The molecule has 0 radical (unpaired) electrons. The first-order valence-electron chi connectivity index (χ1n) is 9.65. The smallest absolute Gasteiger partial charge is 0.328 e. The lowest BCUT2D eigenvalue weighted by molar-refractivity contribution is -0.134. The lowest BCUT2D eigenvalue weighted by atomic mass is 10.1. The van der Waals surface area contributed by atoms with Gasteiger partial charge in [-0.1, -0.05) is 24.3 Å². The van der Waals surface area contributed by atoms with E-state index in [0.29, 0.717) is 30.0 Å². The molecule has 0 spiro atoms. The molecule has 0 saturated carbocycles. The molecule has 0 aliphatic heterocycles. The Labute approximate surface area is 199 Å². The predicted octanol–water partition coefficient (Wildman–Crippen LogP) is 3.83. The molecule has 3 aromatic rings. The maximum absolute atomic E-state index is 14.3. The molecule has 0 aliphatic rings. The Morgan fingerprint density at radius 3 is 2.24 bits per heavy atom. The second kappa shape index (κ2) is 12.1. The average molecular weight is 508 g/mol. The number of methoxy groups -OCH3 is 1. The molecule has 8 nitrogen and oxygen atoms in total. The zero-order chi connectivity index (χ0) is 25.3. The van der Waals surface area contributed by atoms with Crippen molar-refractivity contribution in [1.29, 1.82) is 0 Å². The molecular weight excluding hydrogens is 485 g/mol. The number of carboxylic acid groups (broad SMARTS) is 2. The molecule has 1 aromatic heterocycles. The van der Waals surface area contributed by atoms with Crippen molar-refractivity contribution in [2.45, 2.75) is 15.6 Å².